The SMILES string of the molecule is COc1ccc2c(c1)c(CC(=O)NCCCCC(C)(C)NC(=O)C1CCCC1)c(C)n2C(=O)c1ccc(Cl)cc1. The lowest BCUT2D eigenvalue weighted by molar-refractivity contribution is -0.126. The van der Waals surface area contributed by atoms with Crippen LogP contribution in [0.5, 0.6) is 5.75 Å². The molecule has 0 atom stereocenters. The summed E-state index contributed by atoms with van der Waals surface area (Å²) in [6, 6.07) is 12.3. The highest BCUT2D eigenvalue weighted by Crippen LogP contribution is 2.31. The van der Waals surface area contributed by atoms with Crippen molar-refractivity contribution in [1.29, 1.82) is 0 Å². The first-order valence-corrected chi connectivity index (χ1v) is 14.5. The van der Waals surface area contributed by atoms with E-state index in [-0.39, 0.29) is 35.6 Å². The van der Waals surface area contributed by atoms with Gasteiger partial charge in [0.2, 0.25) is 11.8 Å². The highest BCUT2D eigenvalue weighted by molar-refractivity contribution is 6.30. The Labute approximate surface area is 241 Å². The number of ether oxygens (including phenoxy) is 1. The van der Waals surface area contributed by atoms with Gasteiger partial charge in [0.25, 0.3) is 5.91 Å². The molecule has 1 heterocycles. The lowest BCUT2D eigenvalue weighted by Gasteiger charge is -2.28. The molecule has 0 saturated heterocycles. The first-order chi connectivity index (χ1) is 19.1. The van der Waals surface area contributed by atoms with Gasteiger partial charge in [-0.05, 0) is 101 Å². The van der Waals surface area contributed by atoms with Crippen LogP contribution in [-0.4, -0.2) is 41.5 Å². The number of nitrogens with one attached hydrogen (secondary N) is 2. The number of unbranched alkanes of at least 4 members (excludes halogenated alkanes) is 1. The molecule has 1 aliphatic carbocycles. The molecule has 0 radical (unpaired) electrons. The number of amides is 2. The van der Waals surface area contributed by atoms with Gasteiger partial charge >= 0.3 is 0 Å². The summed E-state index contributed by atoms with van der Waals surface area (Å²) in [5, 5.41) is 7.62. The number of aromatic nitrogens is 1. The Hall–Kier alpha value is -3.32. The maximum Gasteiger partial charge on any atom is 0.262 e. The molecular weight excluding hydrogens is 526 g/mol. The zero-order valence-corrected chi connectivity index (χ0v) is 24.7. The van der Waals surface area contributed by atoms with Gasteiger partial charge in [-0.3, -0.25) is 19.0 Å². The number of hydrogen-bond acceptors (Lipinski definition) is 4. The smallest absolute Gasteiger partial charge is 0.262 e. The standard InChI is InChI=1S/C32H40ClN3O4/c1-21-26(20-29(37)34-18-8-7-17-32(2,3)35-30(38)22-9-5-6-10-22)27-19-25(40-4)15-16-28(27)36(21)31(39)23-11-13-24(33)14-12-23/h11-16,19,22H,5-10,17-18,20H2,1-4H3,(H,34,37)(H,35,38). The molecule has 2 amide bonds. The predicted molar refractivity (Wildman–Crippen MR) is 159 cm³/mol. The van der Waals surface area contributed by atoms with Gasteiger partial charge in [-0.25, -0.2) is 0 Å². The molecule has 2 N–H and O–H groups in total. The summed E-state index contributed by atoms with van der Waals surface area (Å²) in [5.41, 5.74) is 2.49. The van der Waals surface area contributed by atoms with Gasteiger partial charge in [0.05, 0.1) is 19.0 Å². The quantitative estimate of drug-likeness (QED) is 0.270. The van der Waals surface area contributed by atoms with E-state index in [9.17, 15) is 14.4 Å². The third-order valence-electron chi connectivity index (χ3n) is 7.91. The Balaban J connectivity index is 1.38. The molecule has 0 aliphatic heterocycles. The summed E-state index contributed by atoms with van der Waals surface area (Å²) in [4.78, 5) is 39.0. The van der Waals surface area contributed by atoms with Crippen molar-refractivity contribution in [3.05, 3.63) is 64.3 Å². The Morgan fingerprint density at radius 2 is 1.75 bits per heavy atom. The van der Waals surface area contributed by atoms with Gasteiger partial charge in [-0.2, -0.15) is 0 Å². The second-order valence-electron chi connectivity index (χ2n) is 11.4. The molecule has 0 spiro atoms. The van der Waals surface area contributed by atoms with E-state index in [1.807, 2.05) is 25.1 Å². The van der Waals surface area contributed by atoms with Crippen molar-refractivity contribution in [2.75, 3.05) is 13.7 Å². The topological polar surface area (TPSA) is 89.4 Å². The molecule has 1 saturated carbocycles. The minimum atomic E-state index is -0.266. The number of carbonyl (C=O) groups is 3. The first-order valence-electron chi connectivity index (χ1n) is 14.2. The van der Waals surface area contributed by atoms with Gasteiger partial charge < -0.3 is 15.4 Å². The second kappa shape index (κ2) is 12.9. The Kier molecular flexibility index (Phi) is 9.56. The molecule has 1 fully saturated rings. The summed E-state index contributed by atoms with van der Waals surface area (Å²) in [6.07, 6.45) is 6.98. The highest BCUT2D eigenvalue weighted by atomic mass is 35.5. The van der Waals surface area contributed by atoms with Gasteiger partial charge in [-0.1, -0.05) is 24.4 Å². The van der Waals surface area contributed by atoms with Gasteiger partial charge in [-0.15, -0.1) is 0 Å². The maximum atomic E-state index is 13.5. The monoisotopic (exact) mass is 565 g/mol. The van der Waals surface area contributed by atoms with Crippen molar-refractivity contribution < 1.29 is 19.1 Å². The van der Waals surface area contributed by atoms with E-state index in [2.05, 4.69) is 24.5 Å². The molecule has 1 aliphatic rings. The van der Waals surface area contributed by atoms with Crippen LogP contribution in [0.3, 0.4) is 0 Å². The van der Waals surface area contributed by atoms with Crippen LogP contribution in [0.2, 0.25) is 5.02 Å². The molecule has 2 aromatic carbocycles. The number of hydrogen-bond donors (Lipinski definition) is 2. The van der Waals surface area contributed by atoms with Crippen LogP contribution in [0.1, 0.15) is 80.4 Å². The fourth-order valence-corrected chi connectivity index (χ4v) is 5.75. The number of halogens is 1. The van der Waals surface area contributed by atoms with E-state index in [4.69, 9.17) is 16.3 Å². The van der Waals surface area contributed by atoms with Crippen molar-refractivity contribution in [2.24, 2.45) is 5.92 Å². The van der Waals surface area contributed by atoms with Crippen molar-refractivity contribution in [1.82, 2.24) is 15.2 Å². The third-order valence-corrected chi connectivity index (χ3v) is 8.16. The number of carbonyl (C=O) groups excluding carboxylic acids is 3. The minimum Gasteiger partial charge on any atom is -0.497 e. The van der Waals surface area contributed by atoms with Crippen molar-refractivity contribution >= 4 is 40.2 Å². The summed E-state index contributed by atoms with van der Waals surface area (Å²) in [6.45, 7) is 6.55. The normalized spacial score (nSPS) is 13.9. The molecule has 7 nitrogen and oxygen atoms in total. The molecule has 0 unspecified atom stereocenters. The van der Waals surface area contributed by atoms with Gasteiger partial charge in [0.1, 0.15) is 5.75 Å². The number of rotatable bonds is 11. The molecule has 4 rings (SSSR count). The van der Waals surface area contributed by atoms with Crippen molar-refractivity contribution in [3.63, 3.8) is 0 Å². The van der Waals surface area contributed by atoms with E-state index in [1.165, 1.54) is 0 Å². The number of fused-ring (bicyclic) bond motifs is 1. The lowest BCUT2D eigenvalue weighted by Crippen LogP contribution is -2.45. The average Bonchev–Trinajstić information content (AvgIpc) is 3.55. The van der Waals surface area contributed by atoms with Crippen LogP contribution < -0.4 is 15.4 Å². The van der Waals surface area contributed by atoms with Crippen LogP contribution in [-0.2, 0) is 16.0 Å². The summed E-state index contributed by atoms with van der Waals surface area (Å²) in [5.74, 6) is 0.718. The van der Waals surface area contributed by atoms with Crippen LogP contribution >= 0.6 is 11.6 Å². The van der Waals surface area contributed by atoms with Crippen LogP contribution in [0, 0.1) is 12.8 Å². The van der Waals surface area contributed by atoms with E-state index in [0.29, 0.717) is 22.9 Å². The molecular formula is C32H40ClN3O4. The number of benzene rings is 2. The Bertz CT molecular complexity index is 1370. The first kappa shape index (κ1) is 29.7. The van der Waals surface area contributed by atoms with E-state index in [1.54, 1.807) is 35.9 Å². The molecule has 214 valence electrons. The Morgan fingerprint density at radius 1 is 1.05 bits per heavy atom. The summed E-state index contributed by atoms with van der Waals surface area (Å²) in [7, 11) is 1.59. The lowest BCUT2D eigenvalue weighted by atomic mass is 9.95. The highest BCUT2D eigenvalue weighted by Gasteiger charge is 2.28. The van der Waals surface area contributed by atoms with Gasteiger partial charge in [0, 0.05) is 39.7 Å². The second-order valence-corrected chi connectivity index (χ2v) is 11.9. The average molecular weight is 566 g/mol. The fourth-order valence-electron chi connectivity index (χ4n) is 5.62. The van der Waals surface area contributed by atoms with Crippen molar-refractivity contribution in [3.8, 4) is 5.75 Å². The molecule has 8 heteroatoms. The van der Waals surface area contributed by atoms with Crippen molar-refractivity contribution in [2.45, 2.75) is 77.7 Å². The zero-order chi connectivity index (χ0) is 28.9. The fraction of sp³-hybridized carbons (Fsp3) is 0.469. The molecule has 1 aromatic heterocycles. The maximum absolute atomic E-state index is 13.5. The summed E-state index contributed by atoms with van der Waals surface area (Å²) >= 11 is 6.02. The third kappa shape index (κ3) is 7.05. The Morgan fingerprint density at radius 3 is 2.42 bits per heavy atom. The number of nitrogens with zero attached hydrogens (tertiary/aromatic N) is 1. The van der Waals surface area contributed by atoms with E-state index >= 15 is 0 Å². The predicted octanol–water partition coefficient (Wildman–Crippen LogP) is 6.21. The van der Waals surface area contributed by atoms with Crippen LogP contribution in [0.15, 0.2) is 42.5 Å². The largest absolute Gasteiger partial charge is 0.497 e. The molecule has 0 bridgehead atoms. The van der Waals surface area contributed by atoms with Crippen LogP contribution in [0.4, 0.5) is 0 Å². The molecule has 3 aromatic rings. The van der Waals surface area contributed by atoms with E-state index in [0.717, 1.165) is 67.1 Å². The van der Waals surface area contributed by atoms with Crippen LogP contribution in [0.25, 0.3) is 10.9 Å². The number of methoxy groups -OCH3 is 1. The van der Waals surface area contributed by atoms with Gasteiger partial charge in [0.15, 0.2) is 0 Å². The minimum absolute atomic E-state index is 0.0993. The molecule has 40 heavy (non-hydrogen) atoms. The zero-order valence-electron chi connectivity index (χ0n) is 23.9. The van der Waals surface area contributed by atoms with E-state index < -0.39 is 0 Å². The summed E-state index contributed by atoms with van der Waals surface area (Å²) < 4.78 is 7.08.